The molecule has 0 heterocycles. The predicted molar refractivity (Wildman–Crippen MR) is 79.3 cm³/mol. The summed E-state index contributed by atoms with van der Waals surface area (Å²) in [6, 6.07) is 15.0. The highest BCUT2D eigenvalue weighted by atomic mass is 19.1. The first-order valence-corrected chi connectivity index (χ1v) is 7.06. The highest BCUT2D eigenvalue weighted by molar-refractivity contribution is 5.95. The Balaban J connectivity index is 1.54. The van der Waals surface area contributed by atoms with Gasteiger partial charge in [-0.1, -0.05) is 36.4 Å². The van der Waals surface area contributed by atoms with Crippen LogP contribution in [0.15, 0.2) is 54.6 Å². The van der Waals surface area contributed by atoms with E-state index >= 15 is 0 Å². The van der Waals surface area contributed by atoms with E-state index in [0.717, 1.165) is 0 Å². The number of benzene rings is 2. The Morgan fingerprint density at radius 2 is 1.64 bits per heavy atom. The number of hydrogen-bond acceptors (Lipinski definition) is 2. The SMILES string of the molecule is O=C(NNC(=O)C1CC1c1ccccc1F)c1ccccc1. The van der Waals surface area contributed by atoms with Crippen molar-refractivity contribution in [2.24, 2.45) is 5.92 Å². The molecule has 2 aromatic rings. The van der Waals surface area contributed by atoms with E-state index in [4.69, 9.17) is 0 Å². The number of carbonyl (C=O) groups is 2. The van der Waals surface area contributed by atoms with Crippen molar-refractivity contribution in [1.82, 2.24) is 10.9 Å². The van der Waals surface area contributed by atoms with Gasteiger partial charge in [0.25, 0.3) is 5.91 Å². The summed E-state index contributed by atoms with van der Waals surface area (Å²) in [5.41, 5.74) is 5.79. The largest absolute Gasteiger partial charge is 0.273 e. The van der Waals surface area contributed by atoms with Crippen molar-refractivity contribution in [3.63, 3.8) is 0 Å². The minimum absolute atomic E-state index is 0.116. The number of amides is 2. The van der Waals surface area contributed by atoms with Crippen LogP contribution in [0, 0.1) is 11.7 Å². The quantitative estimate of drug-likeness (QED) is 0.855. The fourth-order valence-corrected chi connectivity index (χ4v) is 2.48. The minimum Gasteiger partial charge on any atom is -0.273 e. The molecule has 4 nitrogen and oxygen atoms in total. The van der Waals surface area contributed by atoms with Gasteiger partial charge < -0.3 is 0 Å². The van der Waals surface area contributed by atoms with E-state index < -0.39 is 0 Å². The summed E-state index contributed by atoms with van der Waals surface area (Å²) in [5, 5.41) is 0. The van der Waals surface area contributed by atoms with E-state index in [2.05, 4.69) is 10.9 Å². The van der Waals surface area contributed by atoms with E-state index in [-0.39, 0.29) is 29.5 Å². The standard InChI is InChI=1S/C17H15FN2O2/c18-15-9-5-4-8-12(15)13-10-14(13)17(22)20-19-16(21)11-6-2-1-3-7-11/h1-9,13-14H,10H2,(H,19,21)(H,20,22). The summed E-state index contributed by atoms with van der Waals surface area (Å²) < 4.78 is 13.7. The molecule has 1 fully saturated rings. The molecule has 0 aliphatic heterocycles. The average Bonchev–Trinajstić information content (AvgIpc) is 3.34. The smallest absolute Gasteiger partial charge is 0.269 e. The second-order valence-corrected chi connectivity index (χ2v) is 5.28. The Bertz CT molecular complexity index is 703. The molecule has 22 heavy (non-hydrogen) atoms. The molecule has 0 bridgehead atoms. The van der Waals surface area contributed by atoms with Gasteiger partial charge in [-0.3, -0.25) is 20.4 Å². The number of hydrogen-bond donors (Lipinski definition) is 2. The third-order valence-corrected chi connectivity index (χ3v) is 3.77. The van der Waals surface area contributed by atoms with E-state index in [9.17, 15) is 14.0 Å². The van der Waals surface area contributed by atoms with Gasteiger partial charge in [-0.2, -0.15) is 0 Å². The zero-order chi connectivity index (χ0) is 15.5. The van der Waals surface area contributed by atoms with Gasteiger partial charge in [0.1, 0.15) is 5.82 Å². The van der Waals surface area contributed by atoms with E-state index in [1.807, 2.05) is 0 Å². The lowest BCUT2D eigenvalue weighted by Crippen LogP contribution is -2.42. The third-order valence-electron chi connectivity index (χ3n) is 3.77. The van der Waals surface area contributed by atoms with Crippen molar-refractivity contribution in [3.8, 4) is 0 Å². The molecule has 0 saturated heterocycles. The van der Waals surface area contributed by atoms with Gasteiger partial charge in [-0.15, -0.1) is 0 Å². The van der Waals surface area contributed by atoms with Crippen LogP contribution in [0.5, 0.6) is 0 Å². The molecule has 2 unspecified atom stereocenters. The zero-order valence-electron chi connectivity index (χ0n) is 11.8. The summed E-state index contributed by atoms with van der Waals surface area (Å²) in [6.45, 7) is 0. The maximum absolute atomic E-state index is 13.7. The molecule has 1 saturated carbocycles. The van der Waals surface area contributed by atoms with Gasteiger partial charge in [0, 0.05) is 11.5 Å². The topological polar surface area (TPSA) is 58.2 Å². The lowest BCUT2D eigenvalue weighted by molar-refractivity contribution is -0.123. The van der Waals surface area contributed by atoms with E-state index in [1.165, 1.54) is 6.07 Å². The summed E-state index contributed by atoms with van der Waals surface area (Å²) in [7, 11) is 0. The van der Waals surface area contributed by atoms with Crippen LogP contribution in [-0.2, 0) is 4.79 Å². The molecule has 1 aliphatic rings. The van der Waals surface area contributed by atoms with Crippen LogP contribution in [0.3, 0.4) is 0 Å². The van der Waals surface area contributed by atoms with Gasteiger partial charge in [0.05, 0.1) is 0 Å². The maximum Gasteiger partial charge on any atom is 0.269 e. The summed E-state index contributed by atoms with van der Waals surface area (Å²) in [4.78, 5) is 23.8. The lowest BCUT2D eigenvalue weighted by Gasteiger charge is -2.07. The number of nitrogens with one attached hydrogen (secondary N) is 2. The van der Waals surface area contributed by atoms with Crippen LogP contribution in [0.2, 0.25) is 0 Å². The Hall–Kier alpha value is -2.69. The molecular weight excluding hydrogens is 283 g/mol. The van der Waals surface area contributed by atoms with Gasteiger partial charge in [-0.05, 0) is 36.1 Å². The highest BCUT2D eigenvalue weighted by Gasteiger charge is 2.45. The summed E-state index contributed by atoms with van der Waals surface area (Å²) in [6.07, 6.45) is 0.591. The van der Waals surface area contributed by atoms with Crippen molar-refractivity contribution in [2.75, 3.05) is 0 Å². The number of carbonyl (C=O) groups excluding carboxylic acids is 2. The van der Waals surface area contributed by atoms with Crippen molar-refractivity contribution in [2.45, 2.75) is 12.3 Å². The highest BCUT2D eigenvalue weighted by Crippen LogP contribution is 2.48. The second-order valence-electron chi connectivity index (χ2n) is 5.28. The van der Waals surface area contributed by atoms with Gasteiger partial charge in [0.2, 0.25) is 5.91 Å². The van der Waals surface area contributed by atoms with Gasteiger partial charge >= 0.3 is 0 Å². The van der Waals surface area contributed by atoms with Crippen LogP contribution in [0.1, 0.15) is 28.3 Å². The molecule has 5 heteroatoms. The van der Waals surface area contributed by atoms with Gasteiger partial charge in [-0.25, -0.2) is 4.39 Å². The molecule has 2 amide bonds. The number of rotatable bonds is 3. The van der Waals surface area contributed by atoms with Crippen LogP contribution >= 0.6 is 0 Å². The van der Waals surface area contributed by atoms with Crippen LogP contribution in [0.25, 0.3) is 0 Å². The third kappa shape index (κ3) is 2.98. The van der Waals surface area contributed by atoms with E-state index in [1.54, 1.807) is 48.5 Å². The van der Waals surface area contributed by atoms with Gasteiger partial charge in [0.15, 0.2) is 0 Å². The van der Waals surface area contributed by atoms with Crippen molar-refractivity contribution in [1.29, 1.82) is 0 Å². The maximum atomic E-state index is 13.7. The fraction of sp³-hybridized carbons (Fsp3) is 0.176. The first-order chi connectivity index (χ1) is 10.7. The fourth-order valence-electron chi connectivity index (χ4n) is 2.48. The number of hydrazine groups is 1. The molecule has 0 aromatic heterocycles. The first kappa shape index (κ1) is 14.3. The van der Waals surface area contributed by atoms with E-state index in [0.29, 0.717) is 17.5 Å². The molecule has 0 spiro atoms. The molecule has 2 aromatic carbocycles. The number of halogens is 1. The molecule has 2 N–H and O–H groups in total. The first-order valence-electron chi connectivity index (χ1n) is 7.06. The summed E-state index contributed by atoms with van der Waals surface area (Å²) in [5.74, 6) is -1.38. The van der Waals surface area contributed by atoms with Crippen molar-refractivity contribution < 1.29 is 14.0 Å². The Morgan fingerprint density at radius 3 is 2.36 bits per heavy atom. The lowest BCUT2D eigenvalue weighted by atomic mass is 10.1. The van der Waals surface area contributed by atoms with Crippen LogP contribution in [-0.4, -0.2) is 11.8 Å². The Morgan fingerprint density at radius 1 is 0.955 bits per heavy atom. The molecule has 2 atom stereocenters. The Kier molecular flexibility index (Phi) is 3.87. The predicted octanol–water partition coefficient (Wildman–Crippen LogP) is 2.39. The average molecular weight is 298 g/mol. The van der Waals surface area contributed by atoms with Crippen molar-refractivity contribution in [3.05, 3.63) is 71.5 Å². The molecular formula is C17H15FN2O2. The normalized spacial score (nSPS) is 19.3. The molecule has 1 aliphatic carbocycles. The summed E-state index contributed by atoms with van der Waals surface area (Å²) >= 11 is 0. The van der Waals surface area contributed by atoms with Crippen molar-refractivity contribution >= 4 is 11.8 Å². The zero-order valence-corrected chi connectivity index (χ0v) is 11.8. The molecule has 112 valence electrons. The van der Waals surface area contributed by atoms with Crippen LogP contribution < -0.4 is 10.9 Å². The molecule has 3 rings (SSSR count). The monoisotopic (exact) mass is 298 g/mol. The Labute approximate surface area is 127 Å². The second kappa shape index (κ2) is 5.97. The van der Waals surface area contributed by atoms with Crippen LogP contribution in [0.4, 0.5) is 4.39 Å². The minimum atomic E-state index is -0.378. The molecule has 0 radical (unpaired) electrons.